The van der Waals surface area contributed by atoms with Crippen molar-refractivity contribution in [3.63, 3.8) is 0 Å². The summed E-state index contributed by atoms with van der Waals surface area (Å²) in [4.78, 5) is 7.01. The van der Waals surface area contributed by atoms with Crippen molar-refractivity contribution in [2.75, 3.05) is 0 Å². The van der Waals surface area contributed by atoms with Crippen LogP contribution in [0.2, 0.25) is 0 Å². The van der Waals surface area contributed by atoms with Gasteiger partial charge in [0.05, 0.1) is 0 Å². The smallest absolute Gasteiger partial charge is 0.412 e. The topological polar surface area (TPSA) is 149 Å². The Morgan fingerprint density at radius 1 is 1.00 bits per heavy atom. The van der Waals surface area contributed by atoms with E-state index in [1.165, 1.54) is 0 Å². The summed E-state index contributed by atoms with van der Waals surface area (Å²) in [7, 11) is -3.12. The van der Waals surface area contributed by atoms with E-state index in [1.54, 1.807) is 0 Å². The molecule has 7 N–H and O–H groups in total. The van der Waals surface area contributed by atoms with E-state index in [-0.39, 0.29) is 16.4 Å². The molecular formula is H7O6P. The maximum absolute atomic E-state index is 8.59. The van der Waals surface area contributed by atoms with Gasteiger partial charge in [0.15, 0.2) is 0 Å². The van der Waals surface area contributed by atoms with Gasteiger partial charge in [0.2, 0.25) is 0 Å². The molecule has 0 amide bonds. The molecule has 0 atom stereocenters. The molecule has 0 aromatic rings. The van der Waals surface area contributed by atoms with Gasteiger partial charge < -0.3 is 16.4 Å². The van der Waals surface area contributed by atoms with Crippen LogP contribution in [0.15, 0.2) is 0 Å². The van der Waals surface area contributed by atoms with Gasteiger partial charge in [-0.25, -0.2) is 9.13 Å². The van der Waals surface area contributed by atoms with E-state index in [4.69, 9.17) is 14.0 Å². The Bertz CT molecular complexity index is 52.6. The van der Waals surface area contributed by atoms with Crippen LogP contribution in [0.3, 0.4) is 0 Å². The van der Waals surface area contributed by atoms with Gasteiger partial charge in [-0.15, -0.1) is 0 Å². The zero-order valence-electron chi connectivity index (χ0n) is 3.21. The molecule has 0 rings (SSSR count). The standard InChI is InChI=1S/HO3P.3H2O/c1-4(2)3;;;/h(H,1,2,3);3*1H2. The van der Waals surface area contributed by atoms with Crippen LogP contribution < -0.4 is 0 Å². The number of hydrogen-bond donors (Lipinski definition) is 1. The molecule has 0 aromatic carbocycles. The fraction of sp³-hybridized carbons (Fsp3) is 0. The third-order valence-corrected chi connectivity index (χ3v) is 0. The van der Waals surface area contributed by atoms with Crippen LogP contribution in [-0.2, 0) is 9.13 Å². The van der Waals surface area contributed by atoms with Crippen LogP contribution in [0.25, 0.3) is 0 Å². The normalized spacial score (nSPS) is 3.57. The van der Waals surface area contributed by atoms with Gasteiger partial charge in [-0.3, -0.25) is 4.89 Å². The summed E-state index contributed by atoms with van der Waals surface area (Å²) in [5.74, 6) is 0. The first-order valence-corrected chi connectivity index (χ1v) is 1.70. The molecule has 0 aliphatic carbocycles. The predicted molar refractivity (Wildman–Crippen MR) is 21.4 cm³/mol. The lowest BCUT2D eigenvalue weighted by molar-refractivity contribution is 0.434. The van der Waals surface area contributed by atoms with Gasteiger partial charge in [0.1, 0.15) is 0 Å². The fourth-order valence-electron chi connectivity index (χ4n) is 0. The second-order valence-corrected chi connectivity index (χ2v) is 0.714. The van der Waals surface area contributed by atoms with Crippen LogP contribution in [-0.4, -0.2) is 21.3 Å². The Hall–Kier alpha value is -0.260. The summed E-state index contributed by atoms with van der Waals surface area (Å²) in [6, 6.07) is 0. The van der Waals surface area contributed by atoms with E-state index < -0.39 is 7.91 Å². The fourth-order valence-corrected chi connectivity index (χ4v) is 0. The van der Waals surface area contributed by atoms with E-state index in [9.17, 15) is 0 Å². The van der Waals surface area contributed by atoms with Crippen molar-refractivity contribution in [3.8, 4) is 0 Å². The summed E-state index contributed by atoms with van der Waals surface area (Å²) >= 11 is 0. The molecular weight excluding hydrogens is 127 g/mol. The highest BCUT2D eigenvalue weighted by Crippen LogP contribution is 1.84. The van der Waals surface area contributed by atoms with Crippen molar-refractivity contribution in [2.45, 2.75) is 0 Å². The summed E-state index contributed by atoms with van der Waals surface area (Å²) in [6.45, 7) is 0. The molecule has 0 spiro atoms. The SMILES string of the molecule is O.O.O.O=P(=O)O. The monoisotopic (exact) mass is 134 g/mol. The lowest BCUT2D eigenvalue weighted by atomic mass is 15.9. The third kappa shape index (κ3) is 1190. The molecule has 0 aliphatic heterocycles. The van der Waals surface area contributed by atoms with E-state index >= 15 is 0 Å². The van der Waals surface area contributed by atoms with Crippen molar-refractivity contribution < 1.29 is 30.5 Å². The van der Waals surface area contributed by atoms with Crippen LogP contribution in [0.5, 0.6) is 0 Å². The van der Waals surface area contributed by atoms with E-state index in [1.807, 2.05) is 0 Å². The van der Waals surface area contributed by atoms with Crippen molar-refractivity contribution in [1.82, 2.24) is 0 Å². The van der Waals surface area contributed by atoms with Gasteiger partial charge in [-0.2, -0.15) is 0 Å². The first-order valence-electron chi connectivity index (χ1n) is 0.565. The predicted octanol–water partition coefficient (Wildman–Crippen LogP) is -2.41. The van der Waals surface area contributed by atoms with Crippen molar-refractivity contribution >= 4 is 7.91 Å². The molecule has 0 radical (unpaired) electrons. The zero-order chi connectivity index (χ0) is 3.58. The molecule has 0 aromatic heterocycles. The molecule has 0 bridgehead atoms. The highest BCUT2D eigenvalue weighted by Gasteiger charge is 1.57. The Kier molecular flexibility index (Phi) is 72.6. The van der Waals surface area contributed by atoms with Crippen LogP contribution in [0, 0.1) is 0 Å². The molecule has 0 fully saturated rings. The lowest BCUT2D eigenvalue weighted by Gasteiger charge is -1.35. The average molecular weight is 134 g/mol. The molecule has 0 heterocycles. The molecule has 0 saturated heterocycles. The first kappa shape index (κ1) is 29.6. The Morgan fingerprint density at radius 2 is 1.00 bits per heavy atom. The van der Waals surface area contributed by atoms with E-state index in [0.717, 1.165) is 0 Å². The summed E-state index contributed by atoms with van der Waals surface area (Å²) in [5.41, 5.74) is 0. The van der Waals surface area contributed by atoms with Crippen molar-refractivity contribution in [2.24, 2.45) is 0 Å². The van der Waals surface area contributed by atoms with Gasteiger partial charge in [-0.1, -0.05) is 0 Å². The molecule has 48 valence electrons. The van der Waals surface area contributed by atoms with Crippen molar-refractivity contribution in [1.29, 1.82) is 0 Å². The average Bonchev–Trinajstić information content (AvgIpc) is 0.811. The summed E-state index contributed by atoms with van der Waals surface area (Å²) < 4.78 is 17.2. The number of hydrogen-bond acceptors (Lipinski definition) is 2. The molecule has 0 unspecified atom stereocenters. The Labute approximate surface area is 39.6 Å². The Balaban J connectivity index is -0.0000000150. The Morgan fingerprint density at radius 3 is 1.00 bits per heavy atom. The molecule has 7 heavy (non-hydrogen) atoms. The van der Waals surface area contributed by atoms with E-state index in [2.05, 4.69) is 0 Å². The van der Waals surface area contributed by atoms with Crippen LogP contribution in [0.1, 0.15) is 0 Å². The summed E-state index contributed by atoms with van der Waals surface area (Å²) in [6.07, 6.45) is 0. The lowest BCUT2D eigenvalue weighted by Crippen LogP contribution is -1.19. The molecule has 0 saturated carbocycles. The quantitative estimate of drug-likeness (QED) is 0.367. The molecule has 7 heteroatoms. The summed E-state index contributed by atoms with van der Waals surface area (Å²) in [5, 5.41) is 0. The third-order valence-electron chi connectivity index (χ3n) is 0. The number of rotatable bonds is 0. The van der Waals surface area contributed by atoms with Gasteiger partial charge >= 0.3 is 7.91 Å². The second-order valence-electron chi connectivity index (χ2n) is 0.238. The van der Waals surface area contributed by atoms with Gasteiger partial charge in [0, 0.05) is 0 Å². The minimum Gasteiger partial charge on any atom is -0.412 e. The maximum atomic E-state index is 8.59. The van der Waals surface area contributed by atoms with Crippen molar-refractivity contribution in [3.05, 3.63) is 0 Å². The minimum absolute atomic E-state index is 0. The zero-order valence-corrected chi connectivity index (χ0v) is 4.11. The molecule has 0 aliphatic rings. The van der Waals surface area contributed by atoms with Gasteiger partial charge in [-0.05, 0) is 0 Å². The highest BCUT2D eigenvalue weighted by molar-refractivity contribution is 7.23. The van der Waals surface area contributed by atoms with Gasteiger partial charge in [0.25, 0.3) is 0 Å². The highest BCUT2D eigenvalue weighted by atomic mass is 31.1. The van der Waals surface area contributed by atoms with Crippen LogP contribution in [0.4, 0.5) is 0 Å². The molecule has 6 nitrogen and oxygen atoms in total. The maximum Gasteiger partial charge on any atom is 0.465 e. The first-order chi connectivity index (χ1) is 1.73. The second kappa shape index (κ2) is 17.2. The largest absolute Gasteiger partial charge is 0.465 e. The minimum atomic E-state index is -3.12. The van der Waals surface area contributed by atoms with Crippen LogP contribution >= 0.6 is 7.91 Å². The van der Waals surface area contributed by atoms with E-state index in [0.29, 0.717) is 0 Å².